The van der Waals surface area contributed by atoms with Gasteiger partial charge in [0, 0.05) is 30.5 Å². The van der Waals surface area contributed by atoms with Crippen LogP contribution in [0.25, 0.3) is 0 Å². The molecule has 4 nitrogen and oxygen atoms in total. The second-order valence-electron chi connectivity index (χ2n) is 2.41. The second-order valence-corrected chi connectivity index (χ2v) is 3.44. The number of anilines is 1. The van der Waals surface area contributed by atoms with E-state index in [1.54, 1.807) is 30.9 Å². The van der Waals surface area contributed by atoms with E-state index in [1.165, 1.54) is 11.8 Å². The minimum absolute atomic E-state index is 0.719. The van der Waals surface area contributed by atoms with E-state index in [2.05, 4.69) is 15.0 Å². The van der Waals surface area contributed by atoms with Crippen molar-refractivity contribution in [3.05, 3.63) is 30.9 Å². The standard InChI is InChI=1S/C8H8N4S/c9-6-1-2-10-5-7(6)13-8-11-3-4-12-8/h1-5H,(H2,9,10)(H,11,12). The number of hydrogen-bond acceptors (Lipinski definition) is 4. The smallest absolute Gasteiger partial charge is 0.170 e. The maximum Gasteiger partial charge on any atom is 0.170 e. The SMILES string of the molecule is Nc1ccncc1Sc1ncc[nH]1. The number of imidazole rings is 1. The lowest BCUT2D eigenvalue weighted by Gasteiger charge is -2.00. The predicted octanol–water partition coefficient (Wildman–Crippen LogP) is 1.54. The zero-order chi connectivity index (χ0) is 9.10. The van der Waals surface area contributed by atoms with Crippen LogP contribution >= 0.6 is 11.8 Å². The van der Waals surface area contributed by atoms with Gasteiger partial charge >= 0.3 is 0 Å². The first-order valence-corrected chi connectivity index (χ1v) is 4.54. The summed E-state index contributed by atoms with van der Waals surface area (Å²) in [5.41, 5.74) is 6.45. The minimum Gasteiger partial charge on any atom is -0.398 e. The fourth-order valence-corrected chi connectivity index (χ4v) is 1.64. The van der Waals surface area contributed by atoms with E-state index in [0.717, 1.165) is 15.7 Å². The van der Waals surface area contributed by atoms with E-state index in [9.17, 15) is 0 Å². The predicted molar refractivity (Wildman–Crippen MR) is 51.4 cm³/mol. The summed E-state index contributed by atoms with van der Waals surface area (Å²) in [5, 5.41) is 0.819. The number of hydrogen-bond donors (Lipinski definition) is 2. The summed E-state index contributed by atoms with van der Waals surface area (Å²) < 4.78 is 0. The molecule has 0 saturated heterocycles. The molecule has 0 bridgehead atoms. The van der Waals surface area contributed by atoms with Crippen LogP contribution in [-0.2, 0) is 0 Å². The van der Waals surface area contributed by atoms with Crippen LogP contribution in [-0.4, -0.2) is 15.0 Å². The first kappa shape index (κ1) is 8.12. The number of rotatable bonds is 2. The molecular weight excluding hydrogens is 184 g/mol. The lowest BCUT2D eigenvalue weighted by molar-refractivity contribution is 1.06. The quantitative estimate of drug-likeness (QED) is 0.757. The van der Waals surface area contributed by atoms with Crippen molar-refractivity contribution in [2.75, 3.05) is 5.73 Å². The van der Waals surface area contributed by atoms with Crippen LogP contribution in [0.4, 0.5) is 5.69 Å². The molecule has 0 atom stereocenters. The lowest BCUT2D eigenvalue weighted by Crippen LogP contribution is -1.89. The van der Waals surface area contributed by atoms with Gasteiger partial charge in [-0.25, -0.2) is 4.98 Å². The van der Waals surface area contributed by atoms with E-state index in [-0.39, 0.29) is 0 Å². The van der Waals surface area contributed by atoms with Crippen molar-refractivity contribution in [2.45, 2.75) is 10.1 Å². The molecule has 3 N–H and O–H groups in total. The Labute approximate surface area is 79.6 Å². The number of nitrogen functional groups attached to an aromatic ring is 1. The molecule has 0 fully saturated rings. The number of nitrogens with two attached hydrogens (primary N) is 1. The van der Waals surface area contributed by atoms with Crippen molar-refractivity contribution in [2.24, 2.45) is 0 Å². The number of aromatic nitrogens is 3. The monoisotopic (exact) mass is 192 g/mol. The molecule has 13 heavy (non-hydrogen) atoms. The Morgan fingerprint density at radius 3 is 3.00 bits per heavy atom. The van der Waals surface area contributed by atoms with Gasteiger partial charge < -0.3 is 10.7 Å². The summed E-state index contributed by atoms with van der Waals surface area (Å²) >= 11 is 1.47. The Kier molecular flexibility index (Phi) is 2.18. The van der Waals surface area contributed by atoms with Crippen molar-refractivity contribution < 1.29 is 0 Å². The molecule has 66 valence electrons. The second kappa shape index (κ2) is 3.49. The van der Waals surface area contributed by atoms with Crippen molar-refractivity contribution >= 4 is 17.4 Å². The molecule has 0 aromatic carbocycles. The normalized spacial score (nSPS) is 10.2. The van der Waals surface area contributed by atoms with E-state index in [0.29, 0.717) is 0 Å². The maximum absolute atomic E-state index is 5.73. The van der Waals surface area contributed by atoms with Crippen molar-refractivity contribution in [1.29, 1.82) is 0 Å². The van der Waals surface area contributed by atoms with Crippen molar-refractivity contribution in [3.63, 3.8) is 0 Å². The molecule has 0 saturated carbocycles. The van der Waals surface area contributed by atoms with Gasteiger partial charge in [-0.3, -0.25) is 4.98 Å². The average molecular weight is 192 g/mol. The topological polar surface area (TPSA) is 67.6 Å². The lowest BCUT2D eigenvalue weighted by atomic mass is 10.4. The Morgan fingerprint density at radius 1 is 1.38 bits per heavy atom. The summed E-state index contributed by atoms with van der Waals surface area (Å²) in [6.07, 6.45) is 6.87. The molecule has 0 aliphatic heterocycles. The zero-order valence-corrected chi connectivity index (χ0v) is 7.58. The number of nitrogens with zero attached hydrogens (tertiary/aromatic N) is 2. The Bertz CT molecular complexity index is 385. The molecule has 0 unspecified atom stereocenters. The summed E-state index contributed by atoms with van der Waals surface area (Å²) in [5.74, 6) is 0. The molecule has 2 aromatic heterocycles. The molecule has 0 spiro atoms. The van der Waals surface area contributed by atoms with Gasteiger partial charge in [0.1, 0.15) is 0 Å². The van der Waals surface area contributed by atoms with Gasteiger partial charge in [0.25, 0.3) is 0 Å². The summed E-state index contributed by atoms with van der Waals surface area (Å²) in [6, 6.07) is 1.77. The molecule has 0 aliphatic carbocycles. The van der Waals surface area contributed by atoms with E-state index in [4.69, 9.17) is 5.73 Å². The molecular formula is C8H8N4S. The third-order valence-electron chi connectivity index (χ3n) is 1.50. The van der Waals surface area contributed by atoms with Crippen LogP contribution in [0.15, 0.2) is 40.9 Å². The number of pyridine rings is 1. The van der Waals surface area contributed by atoms with Gasteiger partial charge in [-0.15, -0.1) is 0 Å². The average Bonchev–Trinajstić information content (AvgIpc) is 2.61. The molecule has 0 radical (unpaired) electrons. The molecule has 0 amide bonds. The van der Waals surface area contributed by atoms with E-state index < -0.39 is 0 Å². The molecule has 2 rings (SSSR count). The fraction of sp³-hybridized carbons (Fsp3) is 0. The molecule has 5 heteroatoms. The molecule has 2 aromatic rings. The highest BCUT2D eigenvalue weighted by molar-refractivity contribution is 7.99. The number of aromatic amines is 1. The van der Waals surface area contributed by atoms with Gasteiger partial charge in [-0.2, -0.15) is 0 Å². The van der Waals surface area contributed by atoms with Crippen LogP contribution in [0.2, 0.25) is 0 Å². The van der Waals surface area contributed by atoms with Crippen LogP contribution < -0.4 is 5.73 Å². The van der Waals surface area contributed by atoms with Crippen LogP contribution in [0.5, 0.6) is 0 Å². The first-order valence-electron chi connectivity index (χ1n) is 3.73. The Balaban J connectivity index is 2.24. The number of H-pyrrole nitrogens is 1. The summed E-state index contributed by atoms with van der Waals surface area (Å²) in [4.78, 5) is 12.0. The Morgan fingerprint density at radius 2 is 2.31 bits per heavy atom. The third kappa shape index (κ3) is 1.81. The van der Waals surface area contributed by atoms with Gasteiger partial charge in [0.2, 0.25) is 0 Å². The van der Waals surface area contributed by atoms with Gasteiger partial charge in [-0.05, 0) is 17.8 Å². The van der Waals surface area contributed by atoms with E-state index in [1.807, 2.05) is 0 Å². The Hall–Kier alpha value is -1.49. The van der Waals surface area contributed by atoms with Gasteiger partial charge in [0.05, 0.1) is 4.90 Å². The van der Waals surface area contributed by atoms with Gasteiger partial charge in [0.15, 0.2) is 5.16 Å². The van der Waals surface area contributed by atoms with E-state index >= 15 is 0 Å². The fourth-order valence-electron chi connectivity index (χ4n) is 0.887. The van der Waals surface area contributed by atoms with Crippen LogP contribution in [0, 0.1) is 0 Å². The van der Waals surface area contributed by atoms with Crippen molar-refractivity contribution in [1.82, 2.24) is 15.0 Å². The highest BCUT2D eigenvalue weighted by atomic mass is 32.2. The number of nitrogens with one attached hydrogen (secondary N) is 1. The highest BCUT2D eigenvalue weighted by Gasteiger charge is 2.02. The zero-order valence-electron chi connectivity index (χ0n) is 6.77. The van der Waals surface area contributed by atoms with Crippen LogP contribution in [0.3, 0.4) is 0 Å². The summed E-state index contributed by atoms with van der Waals surface area (Å²) in [7, 11) is 0. The van der Waals surface area contributed by atoms with Gasteiger partial charge in [-0.1, -0.05) is 0 Å². The largest absolute Gasteiger partial charge is 0.398 e. The molecule has 0 aliphatic rings. The van der Waals surface area contributed by atoms with Crippen LogP contribution in [0.1, 0.15) is 0 Å². The minimum atomic E-state index is 0.719. The van der Waals surface area contributed by atoms with Crippen molar-refractivity contribution in [3.8, 4) is 0 Å². The molecule has 2 heterocycles. The summed E-state index contributed by atoms with van der Waals surface area (Å²) in [6.45, 7) is 0. The maximum atomic E-state index is 5.73. The first-order chi connectivity index (χ1) is 6.36. The third-order valence-corrected chi connectivity index (χ3v) is 2.47. The highest BCUT2D eigenvalue weighted by Crippen LogP contribution is 2.27.